The number of halogens is 3. The number of carbonyl (C=O) groups excluding carboxylic acids is 1. The third kappa shape index (κ3) is 6.98. The molecule has 0 atom stereocenters. The highest BCUT2D eigenvalue weighted by Gasteiger charge is 2.29. The minimum Gasteiger partial charge on any atom is -0.367 e. The number of aromatic nitrogens is 3. The third-order valence-corrected chi connectivity index (χ3v) is 9.56. The number of amides is 1. The molecule has 13 heteroatoms. The van der Waals surface area contributed by atoms with Crippen LogP contribution in [0, 0.1) is 18.3 Å². The highest BCUT2D eigenvalue weighted by molar-refractivity contribution is 7.18. The smallest absolute Gasteiger partial charge is 0.367 e. The lowest BCUT2D eigenvalue weighted by atomic mass is 10.0. The van der Waals surface area contributed by atoms with Gasteiger partial charge in [0.2, 0.25) is 5.91 Å². The first-order valence-electron chi connectivity index (χ1n) is 15.1. The van der Waals surface area contributed by atoms with Gasteiger partial charge in [0.15, 0.2) is 0 Å². The van der Waals surface area contributed by atoms with Crippen molar-refractivity contribution in [3.63, 3.8) is 0 Å². The zero-order valence-corrected chi connectivity index (χ0v) is 26.1. The van der Waals surface area contributed by atoms with Gasteiger partial charge >= 0.3 is 6.18 Å². The number of hydrogen-bond donors (Lipinski definition) is 2. The maximum atomic E-state index is 12.9. The number of hydrogen-bond acceptors (Lipinski definition) is 8. The Labute approximate surface area is 268 Å². The van der Waals surface area contributed by atoms with Crippen LogP contribution in [0.4, 0.5) is 19.0 Å². The summed E-state index contributed by atoms with van der Waals surface area (Å²) >= 11 is 1.06. The number of nitrogens with one attached hydrogen (secondary N) is 2. The Bertz CT molecular complexity index is 1910. The van der Waals surface area contributed by atoms with Crippen molar-refractivity contribution in [3.8, 4) is 6.07 Å². The van der Waals surface area contributed by atoms with E-state index in [0.717, 1.165) is 71.7 Å². The molecule has 2 N–H and O–H groups in total. The van der Waals surface area contributed by atoms with Crippen LogP contribution < -0.4 is 10.6 Å². The number of fused-ring (bicyclic) bond motifs is 2. The van der Waals surface area contributed by atoms with E-state index in [4.69, 9.17) is 0 Å². The Morgan fingerprint density at radius 3 is 2.76 bits per heavy atom. The van der Waals surface area contributed by atoms with Crippen molar-refractivity contribution in [1.82, 2.24) is 24.8 Å². The SMILES string of the molecule is C=CC(=O)NC1=CC(CCn2c(C#N)cc3c(C)c(CN4CCC(Nc5ncnc6sc(CC(F)(F)F)cc56)CC4)ccc32)=NC1. The lowest BCUT2D eigenvalue weighted by Crippen LogP contribution is -2.39. The summed E-state index contributed by atoms with van der Waals surface area (Å²) in [5.41, 5.74) is 5.58. The minimum atomic E-state index is -4.26. The number of allylic oxidation sites excluding steroid dienone is 1. The maximum absolute atomic E-state index is 12.9. The molecular formula is C33H33F3N8OS. The normalized spacial score (nSPS) is 16.0. The highest BCUT2D eigenvalue weighted by atomic mass is 32.1. The summed E-state index contributed by atoms with van der Waals surface area (Å²) in [6.07, 6.45) is 1.67. The van der Waals surface area contributed by atoms with E-state index in [9.17, 15) is 23.2 Å². The molecule has 1 amide bonds. The summed E-state index contributed by atoms with van der Waals surface area (Å²) in [6.45, 7) is 9.10. The number of nitriles is 1. The second kappa shape index (κ2) is 13.1. The first kappa shape index (κ1) is 31.4. The van der Waals surface area contributed by atoms with Gasteiger partial charge < -0.3 is 15.2 Å². The first-order valence-corrected chi connectivity index (χ1v) is 15.9. The molecule has 4 aromatic rings. The molecule has 0 spiro atoms. The van der Waals surface area contributed by atoms with E-state index in [1.54, 1.807) is 6.07 Å². The maximum Gasteiger partial charge on any atom is 0.393 e. The summed E-state index contributed by atoms with van der Waals surface area (Å²) in [6, 6.07) is 10.2. The zero-order chi connectivity index (χ0) is 32.4. The molecule has 2 aliphatic rings. The fourth-order valence-corrected chi connectivity index (χ4v) is 7.17. The largest absolute Gasteiger partial charge is 0.393 e. The lowest BCUT2D eigenvalue weighted by molar-refractivity contribution is -0.126. The van der Waals surface area contributed by atoms with Crippen molar-refractivity contribution in [3.05, 3.63) is 76.7 Å². The van der Waals surface area contributed by atoms with Crippen molar-refractivity contribution in [1.29, 1.82) is 5.26 Å². The summed E-state index contributed by atoms with van der Waals surface area (Å²) < 4.78 is 40.8. The van der Waals surface area contributed by atoms with Crippen LogP contribution in [0.3, 0.4) is 0 Å². The molecule has 1 aromatic carbocycles. The van der Waals surface area contributed by atoms with Crippen molar-refractivity contribution in [2.24, 2.45) is 4.99 Å². The van der Waals surface area contributed by atoms with Gasteiger partial charge in [-0.25, -0.2) is 9.97 Å². The van der Waals surface area contributed by atoms with Gasteiger partial charge in [-0.2, -0.15) is 18.4 Å². The van der Waals surface area contributed by atoms with Gasteiger partial charge in [0, 0.05) is 65.8 Å². The second-order valence-corrected chi connectivity index (χ2v) is 12.8. The molecule has 9 nitrogen and oxygen atoms in total. The first-order chi connectivity index (χ1) is 22.1. The molecule has 0 radical (unpaired) electrons. The number of rotatable bonds is 10. The number of benzene rings is 1. The van der Waals surface area contributed by atoms with E-state index < -0.39 is 12.6 Å². The van der Waals surface area contributed by atoms with E-state index >= 15 is 0 Å². The van der Waals surface area contributed by atoms with E-state index in [2.05, 4.69) is 62.2 Å². The van der Waals surface area contributed by atoms with Gasteiger partial charge in [-0.1, -0.05) is 12.6 Å². The van der Waals surface area contributed by atoms with Crippen LogP contribution in [-0.2, 0) is 24.3 Å². The van der Waals surface area contributed by atoms with Gasteiger partial charge in [0.05, 0.1) is 18.4 Å². The Morgan fingerprint density at radius 1 is 1.22 bits per heavy atom. The van der Waals surface area contributed by atoms with E-state index in [1.807, 2.05) is 16.7 Å². The standard InChI is InChI=1S/C33H33F3N8OS/c1-3-30(45)41-24-12-23(38-17-24)8-11-44-25(16-37)13-27-20(2)21(4-5-29(27)44)18-43-9-6-22(7-10-43)42-31-28-14-26(15-33(34,35)36)46-32(28)40-19-39-31/h3-5,12-14,19,22H,1,6-11,15,17-18H2,2H3,(H,41,45)(H,39,40,42). The molecule has 0 bridgehead atoms. The van der Waals surface area contributed by atoms with Gasteiger partial charge in [0.1, 0.15) is 28.7 Å². The van der Waals surface area contributed by atoms with Crippen LogP contribution in [0.25, 0.3) is 21.1 Å². The van der Waals surface area contributed by atoms with Crippen LogP contribution in [0.5, 0.6) is 0 Å². The number of aliphatic imine (C=N–C) groups is 1. The predicted molar refractivity (Wildman–Crippen MR) is 174 cm³/mol. The summed E-state index contributed by atoms with van der Waals surface area (Å²) in [5.74, 6) is 0.326. The van der Waals surface area contributed by atoms with Crippen LogP contribution >= 0.6 is 11.3 Å². The average Bonchev–Trinajstić information content (AvgIpc) is 3.74. The van der Waals surface area contributed by atoms with Gasteiger partial charge in [-0.15, -0.1) is 11.3 Å². The molecule has 0 saturated carbocycles. The fraction of sp³-hybridized carbons (Fsp3) is 0.364. The number of anilines is 1. The van der Waals surface area contributed by atoms with Gasteiger partial charge in [-0.3, -0.25) is 14.7 Å². The quantitative estimate of drug-likeness (QED) is 0.203. The van der Waals surface area contributed by atoms with Crippen LogP contribution in [0.15, 0.2) is 60.0 Å². The molecule has 6 rings (SSSR count). The summed E-state index contributed by atoms with van der Waals surface area (Å²) in [7, 11) is 0. The van der Waals surface area contributed by atoms with Crippen molar-refractivity contribution in [2.45, 2.75) is 57.9 Å². The minimum absolute atomic E-state index is 0.157. The molecule has 1 fully saturated rings. The van der Waals surface area contributed by atoms with E-state index in [0.29, 0.717) is 41.2 Å². The van der Waals surface area contributed by atoms with Gasteiger partial charge in [-0.05, 0) is 61.2 Å². The highest BCUT2D eigenvalue weighted by Crippen LogP contribution is 2.33. The Morgan fingerprint density at radius 2 is 2.02 bits per heavy atom. The zero-order valence-electron chi connectivity index (χ0n) is 25.3. The van der Waals surface area contributed by atoms with Crippen LogP contribution in [0.2, 0.25) is 0 Å². The fourth-order valence-electron chi connectivity index (χ4n) is 6.14. The van der Waals surface area contributed by atoms with Crippen LogP contribution in [-0.4, -0.2) is 62.9 Å². The summed E-state index contributed by atoms with van der Waals surface area (Å²) in [4.78, 5) is 27.8. The molecule has 3 aromatic heterocycles. The molecule has 0 unspecified atom stereocenters. The van der Waals surface area contributed by atoms with Crippen molar-refractivity contribution in [2.75, 3.05) is 25.0 Å². The molecule has 0 aliphatic carbocycles. The molecule has 1 saturated heterocycles. The van der Waals surface area contributed by atoms with Crippen molar-refractivity contribution >= 4 is 49.9 Å². The summed E-state index contributed by atoms with van der Waals surface area (Å²) in [5, 5.41) is 17.8. The monoisotopic (exact) mass is 646 g/mol. The number of piperidine rings is 1. The van der Waals surface area contributed by atoms with Crippen LogP contribution in [0.1, 0.15) is 41.0 Å². The number of likely N-dealkylation sites (tertiary alicyclic amines) is 1. The molecule has 2 aliphatic heterocycles. The number of thiophene rings is 1. The van der Waals surface area contributed by atoms with E-state index in [-0.39, 0.29) is 16.8 Å². The van der Waals surface area contributed by atoms with Crippen molar-refractivity contribution < 1.29 is 18.0 Å². The number of aryl methyl sites for hydroxylation is 2. The molecule has 46 heavy (non-hydrogen) atoms. The lowest BCUT2D eigenvalue weighted by Gasteiger charge is -2.33. The van der Waals surface area contributed by atoms with E-state index in [1.165, 1.54) is 18.0 Å². The topological polar surface area (TPSA) is 111 Å². The second-order valence-electron chi connectivity index (χ2n) is 11.6. The number of nitrogens with zero attached hydrogens (tertiary/aromatic N) is 6. The Balaban J connectivity index is 1.08. The third-order valence-electron chi connectivity index (χ3n) is 8.51. The number of carbonyl (C=O) groups is 1. The number of alkyl halides is 3. The molecule has 238 valence electrons. The Kier molecular flexibility index (Phi) is 8.93. The molecule has 5 heterocycles. The Hall–Kier alpha value is -4.54. The average molecular weight is 647 g/mol. The predicted octanol–water partition coefficient (Wildman–Crippen LogP) is 6.04. The molecular weight excluding hydrogens is 613 g/mol. The van der Waals surface area contributed by atoms with Gasteiger partial charge in [0.25, 0.3) is 0 Å².